The fourth-order valence-corrected chi connectivity index (χ4v) is 8.09. The van der Waals surface area contributed by atoms with Gasteiger partial charge in [-0.25, -0.2) is 10.9 Å². The van der Waals surface area contributed by atoms with Crippen molar-refractivity contribution in [2.75, 3.05) is 0 Å². The molecule has 0 bridgehead atoms. The second-order valence-corrected chi connectivity index (χ2v) is 13.0. The predicted octanol–water partition coefficient (Wildman–Crippen LogP) is 3.62. The summed E-state index contributed by atoms with van der Waals surface area (Å²) >= 11 is 0. The highest BCUT2D eigenvalue weighted by Crippen LogP contribution is 2.67. The van der Waals surface area contributed by atoms with E-state index in [2.05, 4.69) is 21.1 Å². The van der Waals surface area contributed by atoms with Crippen molar-refractivity contribution in [1.82, 2.24) is 10.9 Å². The minimum absolute atomic E-state index is 0.0140. The third kappa shape index (κ3) is 5.51. The number of hydrogen-bond donors (Lipinski definition) is 3. The van der Waals surface area contributed by atoms with Gasteiger partial charge in [-0.05, 0) is 87.3 Å². The summed E-state index contributed by atoms with van der Waals surface area (Å²) in [4.78, 5) is 25.5. The Balaban J connectivity index is 1.29. The Morgan fingerprint density at radius 2 is 1.57 bits per heavy atom. The van der Waals surface area contributed by atoms with E-state index in [9.17, 15) is 17.4 Å². The van der Waals surface area contributed by atoms with Gasteiger partial charge in [-0.2, -0.15) is 19.3 Å². The van der Waals surface area contributed by atoms with Gasteiger partial charge in [0.1, 0.15) is 5.60 Å². The molecule has 0 aromatic carbocycles. The third-order valence-corrected chi connectivity index (χ3v) is 10.5. The van der Waals surface area contributed by atoms with Crippen molar-refractivity contribution in [2.45, 2.75) is 90.7 Å². The minimum atomic E-state index is -2.84. The fraction of sp³-hybridized carbons (Fsp3) is 0.543. The molecular weight excluding hydrogens is 552 g/mol. The first-order valence-corrected chi connectivity index (χ1v) is 15.3. The highest BCUT2D eigenvalue weighted by Gasteiger charge is 2.64. The van der Waals surface area contributed by atoms with Gasteiger partial charge in [0, 0.05) is 39.3 Å². The number of rotatable bonds is 7. The number of nitrogens with one attached hydrogen (secondary N) is 2. The smallest absolute Gasteiger partial charge is 0.305 e. The Bertz CT molecular complexity index is 1820. The molecule has 2 heterocycles. The highest BCUT2D eigenvalue weighted by molar-refractivity contribution is 5.97. The number of hydrogen-bond acceptors (Lipinski definition) is 5. The molecule has 44 heavy (non-hydrogen) atoms. The molecule has 9 heteroatoms. The lowest BCUT2D eigenvalue weighted by Crippen LogP contribution is -2.57. The van der Waals surface area contributed by atoms with Crippen molar-refractivity contribution in [2.24, 2.45) is 38.8 Å². The molecule has 0 unspecified atom stereocenters. The SMILES string of the molecule is [2H]C1=C2C([2H])([2H])C[C@@H]3[C@H](CC[C@@]4(C)[C@H]3CC[C@]4(O)/C(=N\NC(=O)C[n+]3ccccc3)C([2H])([2H])[2H])[C@@]2(C)CC([2H])([2H])/C1=N\NC(=O)C[n+]1ccccc1. The van der Waals surface area contributed by atoms with Gasteiger partial charge in [0.2, 0.25) is 13.1 Å². The standard InChI is InChI=1S/C35H44N6O3/c1-25(36-38-31(42)23-40-18-6-4-7-19-40)35(44)17-14-30-28-11-10-26-22-27(37-39-32(43)24-41-20-8-5-9-21-41)12-15-33(26,2)29(28)13-16-34(30,35)3/h4-9,18-22,28-30,44H,10-17,23-24H2,1-3H3/p+2/b36-25-,37-27+/t28-,29+,30+,33+,34+,35+/m1/s1/i1D3,10D2,12D2,22D. The van der Waals surface area contributed by atoms with Crippen LogP contribution in [0.2, 0.25) is 0 Å². The summed E-state index contributed by atoms with van der Waals surface area (Å²) in [5.41, 5.74) is -0.00984. The summed E-state index contributed by atoms with van der Waals surface area (Å²) in [6.45, 7) is 0.604. The monoisotopic (exact) mass is 606 g/mol. The van der Waals surface area contributed by atoms with Crippen LogP contribution in [0.3, 0.4) is 0 Å². The molecule has 2 amide bonds. The fourth-order valence-electron chi connectivity index (χ4n) is 8.09. The van der Waals surface area contributed by atoms with Crippen LogP contribution in [-0.4, -0.2) is 33.9 Å². The van der Waals surface area contributed by atoms with Crippen LogP contribution in [0.1, 0.15) is 82.9 Å². The van der Waals surface area contributed by atoms with Crippen molar-refractivity contribution >= 4 is 23.2 Å². The van der Waals surface area contributed by atoms with Crippen molar-refractivity contribution in [3.8, 4) is 0 Å². The number of hydrazone groups is 2. The molecule has 2 aromatic rings. The number of carbonyl (C=O) groups excluding carboxylic acids is 2. The van der Waals surface area contributed by atoms with Crippen molar-refractivity contribution in [3.05, 3.63) is 72.8 Å². The van der Waals surface area contributed by atoms with E-state index >= 15 is 0 Å². The first-order chi connectivity index (χ1) is 24.2. The number of amides is 2. The summed E-state index contributed by atoms with van der Waals surface area (Å²) in [6.07, 6.45) is 3.54. The number of allylic oxidation sites excluding steroid dienone is 2. The van der Waals surface area contributed by atoms with Crippen molar-refractivity contribution < 1.29 is 34.8 Å². The van der Waals surface area contributed by atoms with Crippen LogP contribution in [0.4, 0.5) is 0 Å². The van der Waals surface area contributed by atoms with Gasteiger partial charge in [0.05, 0.1) is 12.8 Å². The van der Waals surface area contributed by atoms with E-state index < -0.39 is 53.6 Å². The molecule has 0 spiro atoms. The van der Waals surface area contributed by atoms with E-state index in [0.717, 1.165) is 0 Å². The van der Waals surface area contributed by atoms with Crippen LogP contribution in [0.5, 0.6) is 0 Å². The molecule has 3 saturated carbocycles. The molecule has 232 valence electrons. The second kappa shape index (κ2) is 12.0. The Hall–Kier alpha value is -3.72. The number of aliphatic hydroxyl groups is 1. The van der Waals surface area contributed by atoms with Gasteiger partial charge < -0.3 is 5.11 Å². The van der Waals surface area contributed by atoms with Crippen LogP contribution in [-0.2, 0) is 22.7 Å². The Kier molecular flexibility index (Phi) is 5.97. The van der Waals surface area contributed by atoms with Crippen LogP contribution in [0.15, 0.2) is 83.0 Å². The molecule has 0 saturated heterocycles. The highest BCUT2D eigenvalue weighted by atomic mass is 16.3. The van der Waals surface area contributed by atoms with Crippen LogP contribution in [0.25, 0.3) is 0 Å². The van der Waals surface area contributed by atoms with Crippen LogP contribution >= 0.6 is 0 Å². The molecule has 0 aliphatic heterocycles. The van der Waals surface area contributed by atoms with E-state index in [0.29, 0.717) is 19.3 Å². The molecular formula is C35H46N6O3+2. The maximum absolute atomic E-state index is 12.8. The Labute approximate surface area is 271 Å². The van der Waals surface area contributed by atoms with E-state index in [-0.39, 0.29) is 67.4 Å². The summed E-state index contributed by atoms with van der Waals surface area (Å²) in [6, 6.07) is 10.3. The third-order valence-electron chi connectivity index (χ3n) is 10.5. The molecule has 3 fully saturated rings. The number of carbonyl (C=O) groups is 2. The van der Waals surface area contributed by atoms with Gasteiger partial charge in [-0.3, -0.25) is 9.59 Å². The quantitative estimate of drug-likeness (QED) is 0.254. The zero-order valence-corrected chi connectivity index (χ0v) is 25.2. The minimum Gasteiger partial charge on any atom is -0.383 e. The van der Waals surface area contributed by atoms with Crippen molar-refractivity contribution in [3.63, 3.8) is 0 Å². The number of aromatic nitrogens is 2. The van der Waals surface area contributed by atoms with Gasteiger partial charge in [0.15, 0.2) is 24.8 Å². The lowest BCUT2D eigenvalue weighted by molar-refractivity contribution is -0.684. The van der Waals surface area contributed by atoms with E-state index in [1.165, 1.54) is 0 Å². The van der Waals surface area contributed by atoms with Gasteiger partial charge in [-0.15, -0.1) is 0 Å². The first kappa shape index (κ1) is 21.9. The van der Waals surface area contributed by atoms with Gasteiger partial charge >= 0.3 is 11.8 Å². The number of fused-ring (bicyclic) bond motifs is 5. The van der Waals surface area contributed by atoms with E-state index in [1.54, 1.807) is 70.3 Å². The Morgan fingerprint density at radius 1 is 0.932 bits per heavy atom. The van der Waals surface area contributed by atoms with Crippen molar-refractivity contribution in [1.29, 1.82) is 0 Å². The first-order valence-electron chi connectivity index (χ1n) is 19.3. The summed E-state index contributed by atoms with van der Waals surface area (Å²) in [5, 5.41) is 20.6. The Morgan fingerprint density at radius 3 is 2.23 bits per heavy atom. The largest absolute Gasteiger partial charge is 0.383 e. The molecule has 2 aromatic heterocycles. The number of pyridine rings is 2. The maximum atomic E-state index is 12.8. The summed E-state index contributed by atoms with van der Waals surface area (Å²) in [5.74, 6) is -2.08. The summed E-state index contributed by atoms with van der Waals surface area (Å²) < 4.78 is 74.1. The van der Waals surface area contributed by atoms with Crippen LogP contribution in [0, 0.1) is 28.6 Å². The lowest BCUT2D eigenvalue weighted by Gasteiger charge is -2.59. The molecule has 9 nitrogen and oxygen atoms in total. The van der Waals surface area contributed by atoms with Gasteiger partial charge in [0.25, 0.3) is 0 Å². The summed E-state index contributed by atoms with van der Waals surface area (Å²) in [7, 11) is 0. The topological polar surface area (TPSA) is 111 Å². The average Bonchev–Trinajstić information content (AvgIpc) is 3.30. The van der Waals surface area contributed by atoms with E-state index in [4.69, 9.17) is 8.22 Å². The lowest BCUT2D eigenvalue weighted by atomic mass is 9.46. The van der Waals surface area contributed by atoms with E-state index in [1.807, 2.05) is 13.8 Å². The second-order valence-electron chi connectivity index (χ2n) is 13.0. The molecule has 4 aliphatic carbocycles. The predicted molar refractivity (Wildman–Crippen MR) is 167 cm³/mol. The maximum Gasteiger partial charge on any atom is 0.305 e. The average molecular weight is 607 g/mol. The number of nitrogens with zero attached hydrogens (tertiary/aromatic N) is 4. The van der Waals surface area contributed by atoms with Crippen LogP contribution < -0.4 is 20.0 Å². The normalized spacial score (nSPS) is 39.4. The van der Waals surface area contributed by atoms with Gasteiger partial charge in [-0.1, -0.05) is 31.6 Å². The molecule has 6 atom stereocenters. The molecule has 4 aliphatic rings. The molecule has 3 N–H and O–H groups in total. The zero-order chi connectivity index (χ0) is 37.9. The zero-order valence-electron chi connectivity index (χ0n) is 33.2. The molecule has 0 radical (unpaired) electrons. The molecule has 6 rings (SSSR count).